The molecule has 0 bridgehead atoms. The van der Waals surface area contributed by atoms with Crippen molar-refractivity contribution in [3.63, 3.8) is 0 Å². The summed E-state index contributed by atoms with van der Waals surface area (Å²) in [5.41, 5.74) is 0.658. The molecule has 6 nitrogen and oxygen atoms in total. The van der Waals surface area contributed by atoms with Gasteiger partial charge in [0.15, 0.2) is 18.1 Å². The second-order valence-electron chi connectivity index (χ2n) is 5.49. The Hall–Kier alpha value is -2.80. The van der Waals surface area contributed by atoms with Crippen LogP contribution in [0.4, 0.5) is 4.39 Å². The number of nitrogens with one attached hydrogen (secondary N) is 1. The standard InChI is InChI=1S/C19H19ClFNO5/c1-25-16-6-3-12(9-17(16)26-2)7-8-22-18(23)11-27-19(24)14-5-4-13(20)10-15(14)21/h3-6,9-10H,7-8,11H2,1-2H3,(H,22,23). The van der Waals surface area contributed by atoms with Gasteiger partial charge in [0, 0.05) is 11.6 Å². The lowest BCUT2D eigenvalue weighted by Gasteiger charge is -2.10. The van der Waals surface area contributed by atoms with Crippen LogP contribution in [0.15, 0.2) is 36.4 Å². The van der Waals surface area contributed by atoms with Crippen molar-refractivity contribution in [1.29, 1.82) is 0 Å². The van der Waals surface area contributed by atoms with Crippen LogP contribution in [0.1, 0.15) is 15.9 Å². The zero-order valence-electron chi connectivity index (χ0n) is 14.9. The lowest BCUT2D eigenvalue weighted by molar-refractivity contribution is -0.124. The van der Waals surface area contributed by atoms with E-state index in [1.54, 1.807) is 20.3 Å². The summed E-state index contributed by atoms with van der Waals surface area (Å²) in [7, 11) is 3.09. The normalized spacial score (nSPS) is 10.2. The Morgan fingerprint density at radius 1 is 1.07 bits per heavy atom. The molecule has 27 heavy (non-hydrogen) atoms. The maximum Gasteiger partial charge on any atom is 0.341 e. The van der Waals surface area contributed by atoms with Gasteiger partial charge in [-0.05, 0) is 42.3 Å². The van der Waals surface area contributed by atoms with Crippen molar-refractivity contribution in [3.05, 3.63) is 58.4 Å². The largest absolute Gasteiger partial charge is 0.493 e. The van der Waals surface area contributed by atoms with Gasteiger partial charge >= 0.3 is 5.97 Å². The molecule has 0 aliphatic carbocycles. The van der Waals surface area contributed by atoms with Gasteiger partial charge in [0.25, 0.3) is 5.91 Å². The Bertz CT molecular complexity index is 828. The van der Waals surface area contributed by atoms with Crippen LogP contribution in [0.3, 0.4) is 0 Å². The van der Waals surface area contributed by atoms with Crippen molar-refractivity contribution in [2.75, 3.05) is 27.4 Å². The predicted molar refractivity (Wildman–Crippen MR) is 98.0 cm³/mol. The van der Waals surface area contributed by atoms with Gasteiger partial charge in [-0.1, -0.05) is 17.7 Å². The second-order valence-corrected chi connectivity index (χ2v) is 5.93. The zero-order valence-corrected chi connectivity index (χ0v) is 15.6. The summed E-state index contributed by atoms with van der Waals surface area (Å²) < 4.78 is 28.8. The minimum atomic E-state index is -0.931. The summed E-state index contributed by atoms with van der Waals surface area (Å²) in [6, 6.07) is 9.02. The fourth-order valence-corrected chi connectivity index (χ4v) is 2.46. The van der Waals surface area contributed by atoms with Gasteiger partial charge in [-0.25, -0.2) is 9.18 Å². The average Bonchev–Trinajstić information content (AvgIpc) is 2.66. The van der Waals surface area contributed by atoms with Crippen molar-refractivity contribution in [1.82, 2.24) is 5.32 Å². The Labute approximate surface area is 161 Å². The van der Waals surface area contributed by atoms with Gasteiger partial charge in [0.1, 0.15) is 5.82 Å². The minimum absolute atomic E-state index is 0.164. The Balaban J connectivity index is 1.78. The van der Waals surface area contributed by atoms with Gasteiger partial charge in [-0.3, -0.25) is 4.79 Å². The third kappa shape index (κ3) is 5.86. The first-order valence-electron chi connectivity index (χ1n) is 8.04. The lowest BCUT2D eigenvalue weighted by atomic mass is 10.1. The van der Waals surface area contributed by atoms with Crippen LogP contribution in [0.2, 0.25) is 5.02 Å². The van der Waals surface area contributed by atoms with Crippen LogP contribution in [0.25, 0.3) is 0 Å². The number of hydrogen-bond acceptors (Lipinski definition) is 5. The Kier molecular flexibility index (Phi) is 7.43. The van der Waals surface area contributed by atoms with Crippen molar-refractivity contribution >= 4 is 23.5 Å². The number of ether oxygens (including phenoxy) is 3. The molecule has 0 aliphatic heterocycles. The van der Waals surface area contributed by atoms with E-state index in [9.17, 15) is 14.0 Å². The number of halogens is 2. The molecular formula is C19H19ClFNO5. The summed E-state index contributed by atoms with van der Waals surface area (Å²) in [5, 5.41) is 2.79. The highest BCUT2D eigenvalue weighted by Crippen LogP contribution is 2.27. The van der Waals surface area contributed by atoms with E-state index in [2.05, 4.69) is 5.32 Å². The molecule has 2 rings (SSSR count). The van der Waals surface area contributed by atoms with Crippen LogP contribution in [-0.2, 0) is 16.0 Å². The molecule has 2 aromatic rings. The molecule has 0 spiro atoms. The summed E-state index contributed by atoms with van der Waals surface area (Å²) in [6.45, 7) is -0.173. The minimum Gasteiger partial charge on any atom is -0.493 e. The Morgan fingerprint density at radius 2 is 1.81 bits per heavy atom. The molecule has 1 N–H and O–H groups in total. The Morgan fingerprint density at radius 3 is 2.48 bits per heavy atom. The second kappa shape index (κ2) is 9.78. The molecule has 0 heterocycles. The first kappa shape index (κ1) is 20.5. The van der Waals surface area contributed by atoms with Gasteiger partial charge in [-0.15, -0.1) is 0 Å². The highest BCUT2D eigenvalue weighted by molar-refractivity contribution is 6.30. The van der Waals surface area contributed by atoms with E-state index < -0.39 is 24.3 Å². The average molecular weight is 396 g/mol. The number of hydrogen-bond donors (Lipinski definition) is 1. The van der Waals surface area contributed by atoms with Crippen molar-refractivity contribution < 1.29 is 28.2 Å². The molecule has 0 aromatic heterocycles. The van der Waals surface area contributed by atoms with Gasteiger partial charge in [0.2, 0.25) is 0 Å². The molecule has 0 saturated carbocycles. The third-order valence-electron chi connectivity index (χ3n) is 3.67. The number of amides is 1. The number of methoxy groups -OCH3 is 2. The van der Waals surface area contributed by atoms with E-state index >= 15 is 0 Å². The quantitative estimate of drug-likeness (QED) is 0.695. The first-order valence-corrected chi connectivity index (χ1v) is 8.42. The zero-order chi connectivity index (χ0) is 19.8. The summed E-state index contributed by atoms with van der Waals surface area (Å²) in [5.74, 6) is -1.01. The van der Waals surface area contributed by atoms with Gasteiger partial charge in [-0.2, -0.15) is 0 Å². The van der Waals surface area contributed by atoms with E-state index in [-0.39, 0.29) is 10.6 Å². The van der Waals surface area contributed by atoms with E-state index in [0.29, 0.717) is 24.5 Å². The van der Waals surface area contributed by atoms with Crippen LogP contribution in [0, 0.1) is 5.82 Å². The number of carbonyl (C=O) groups is 2. The van der Waals surface area contributed by atoms with Crippen LogP contribution in [0.5, 0.6) is 11.5 Å². The van der Waals surface area contributed by atoms with E-state index in [1.165, 1.54) is 12.1 Å². The smallest absolute Gasteiger partial charge is 0.341 e. The third-order valence-corrected chi connectivity index (χ3v) is 3.90. The fourth-order valence-electron chi connectivity index (χ4n) is 2.30. The maximum absolute atomic E-state index is 13.6. The molecule has 1 amide bonds. The molecule has 8 heteroatoms. The molecule has 0 saturated heterocycles. The van der Waals surface area contributed by atoms with E-state index in [0.717, 1.165) is 11.6 Å². The number of esters is 1. The molecule has 144 valence electrons. The number of rotatable bonds is 8. The molecule has 2 aromatic carbocycles. The fraction of sp³-hybridized carbons (Fsp3) is 0.263. The molecule has 0 radical (unpaired) electrons. The number of carbonyl (C=O) groups excluding carboxylic acids is 2. The van der Waals surface area contributed by atoms with E-state index in [1.807, 2.05) is 12.1 Å². The summed E-state index contributed by atoms with van der Waals surface area (Å²) in [6.07, 6.45) is 0.547. The van der Waals surface area contributed by atoms with Crippen molar-refractivity contribution in [3.8, 4) is 11.5 Å². The lowest BCUT2D eigenvalue weighted by Crippen LogP contribution is -2.30. The molecule has 0 unspecified atom stereocenters. The van der Waals surface area contributed by atoms with Gasteiger partial charge < -0.3 is 19.5 Å². The summed E-state index contributed by atoms with van der Waals surface area (Å²) in [4.78, 5) is 23.6. The van der Waals surface area contributed by atoms with E-state index in [4.69, 9.17) is 25.8 Å². The first-order chi connectivity index (χ1) is 12.9. The van der Waals surface area contributed by atoms with Crippen LogP contribution < -0.4 is 14.8 Å². The van der Waals surface area contributed by atoms with Crippen molar-refractivity contribution in [2.45, 2.75) is 6.42 Å². The highest BCUT2D eigenvalue weighted by Gasteiger charge is 2.15. The molecule has 0 fully saturated rings. The predicted octanol–water partition coefficient (Wildman–Crippen LogP) is 3.01. The van der Waals surface area contributed by atoms with Crippen LogP contribution in [-0.4, -0.2) is 39.2 Å². The van der Waals surface area contributed by atoms with Crippen LogP contribution >= 0.6 is 11.6 Å². The monoisotopic (exact) mass is 395 g/mol. The molecule has 0 atom stereocenters. The maximum atomic E-state index is 13.6. The number of benzene rings is 2. The highest BCUT2D eigenvalue weighted by atomic mass is 35.5. The topological polar surface area (TPSA) is 73.9 Å². The molecule has 0 aliphatic rings. The van der Waals surface area contributed by atoms with Gasteiger partial charge in [0.05, 0.1) is 19.8 Å². The van der Waals surface area contributed by atoms with Crippen molar-refractivity contribution in [2.24, 2.45) is 0 Å². The SMILES string of the molecule is COc1ccc(CCNC(=O)COC(=O)c2ccc(Cl)cc2F)cc1OC. The molecular weight excluding hydrogens is 377 g/mol. The summed E-state index contributed by atoms with van der Waals surface area (Å²) >= 11 is 5.62.